The number of benzene rings is 2. The number of hydrogen-bond acceptors (Lipinski definition) is 3. The summed E-state index contributed by atoms with van der Waals surface area (Å²) in [5, 5.41) is 2.95. The molecule has 2 aliphatic rings. The fourth-order valence-corrected chi connectivity index (χ4v) is 3.40. The highest BCUT2D eigenvalue weighted by Gasteiger charge is 2.35. The number of fused-ring (bicyclic) bond motifs is 1. The van der Waals surface area contributed by atoms with Crippen LogP contribution in [0.4, 0.5) is 5.69 Å². The molecule has 0 unspecified atom stereocenters. The standard InChI is InChI=1S/C21H22N2O2/c1-23-13-11-21(12-14-23)10-9-17-15-18(7-8-19(17)25-21)22-20(24)16-5-3-2-4-6-16/h2-10,15H,11-14H2,1H3,(H,22,24). The fraction of sp³-hybridized carbons (Fsp3) is 0.286. The SMILES string of the molecule is CN1CCC2(C=Cc3cc(NC(=O)c4ccccc4)ccc3O2)CC1. The molecule has 128 valence electrons. The normalized spacial score (nSPS) is 18.4. The van der Waals surface area contributed by atoms with Crippen molar-refractivity contribution in [1.29, 1.82) is 0 Å². The van der Waals surface area contributed by atoms with Crippen LogP contribution in [-0.4, -0.2) is 36.5 Å². The third kappa shape index (κ3) is 3.30. The first-order chi connectivity index (χ1) is 12.1. The maximum atomic E-state index is 12.3. The molecule has 2 aromatic carbocycles. The van der Waals surface area contributed by atoms with Gasteiger partial charge in [-0.15, -0.1) is 0 Å². The van der Waals surface area contributed by atoms with Crippen molar-refractivity contribution >= 4 is 17.7 Å². The number of amides is 1. The van der Waals surface area contributed by atoms with Gasteiger partial charge in [0.15, 0.2) is 0 Å². The van der Waals surface area contributed by atoms with E-state index in [-0.39, 0.29) is 11.5 Å². The minimum atomic E-state index is -0.172. The Morgan fingerprint density at radius 2 is 1.88 bits per heavy atom. The lowest BCUT2D eigenvalue weighted by molar-refractivity contribution is 0.0473. The van der Waals surface area contributed by atoms with Gasteiger partial charge in [0.25, 0.3) is 5.91 Å². The van der Waals surface area contributed by atoms with Crippen molar-refractivity contribution in [3.05, 3.63) is 65.7 Å². The number of rotatable bonds is 2. The highest BCUT2D eigenvalue weighted by molar-refractivity contribution is 6.04. The molecule has 0 aromatic heterocycles. The summed E-state index contributed by atoms with van der Waals surface area (Å²) >= 11 is 0. The molecule has 1 saturated heterocycles. The van der Waals surface area contributed by atoms with Crippen LogP contribution >= 0.6 is 0 Å². The molecule has 0 atom stereocenters. The number of nitrogens with one attached hydrogen (secondary N) is 1. The number of nitrogens with zero attached hydrogens (tertiary/aromatic N) is 1. The molecule has 0 bridgehead atoms. The van der Waals surface area contributed by atoms with E-state index in [2.05, 4.69) is 29.4 Å². The van der Waals surface area contributed by atoms with E-state index < -0.39 is 0 Å². The minimum Gasteiger partial charge on any atom is -0.482 e. The average Bonchev–Trinajstić information content (AvgIpc) is 2.65. The second-order valence-corrected chi connectivity index (χ2v) is 6.88. The zero-order valence-electron chi connectivity index (χ0n) is 14.4. The summed E-state index contributed by atoms with van der Waals surface area (Å²) < 4.78 is 6.33. The zero-order valence-corrected chi connectivity index (χ0v) is 14.4. The van der Waals surface area contributed by atoms with Gasteiger partial charge in [-0.2, -0.15) is 0 Å². The maximum absolute atomic E-state index is 12.3. The van der Waals surface area contributed by atoms with Crippen molar-refractivity contribution in [1.82, 2.24) is 4.90 Å². The summed E-state index contributed by atoms with van der Waals surface area (Å²) in [7, 11) is 2.15. The van der Waals surface area contributed by atoms with Crippen LogP contribution in [0.2, 0.25) is 0 Å². The van der Waals surface area contributed by atoms with Gasteiger partial charge < -0.3 is 15.0 Å². The Labute approximate surface area is 148 Å². The zero-order chi connectivity index (χ0) is 17.3. The van der Waals surface area contributed by atoms with Crippen LogP contribution in [0.5, 0.6) is 5.75 Å². The van der Waals surface area contributed by atoms with Gasteiger partial charge in [0.1, 0.15) is 11.4 Å². The molecular weight excluding hydrogens is 312 g/mol. The number of carbonyl (C=O) groups is 1. The third-order valence-corrected chi connectivity index (χ3v) is 5.02. The first kappa shape index (κ1) is 15.9. The van der Waals surface area contributed by atoms with Gasteiger partial charge in [-0.25, -0.2) is 0 Å². The van der Waals surface area contributed by atoms with E-state index in [0.29, 0.717) is 5.56 Å². The Bertz CT molecular complexity index is 806. The summed E-state index contributed by atoms with van der Waals surface area (Å²) in [5.41, 5.74) is 2.27. The number of anilines is 1. The Morgan fingerprint density at radius 3 is 2.64 bits per heavy atom. The molecule has 2 aromatic rings. The summed E-state index contributed by atoms with van der Waals surface area (Å²) in [6.07, 6.45) is 6.32. The molecule has 0 aliphatic carbocycles. The Hall–Kier alpha value is -2.59. The molecular formula is C21H22N2O2. The van der Waals surface area contributed by atoms with Crippen molar-refractivity contribution < 1.29 is 9.53 Å². The molecule has 4 rings (SSSR count). The lowest BCUT2D eigenvalue weighted by Gasteiger charge is -2.40. The van der Waals surface area contributed by atoms with Crippen molar-refractivity contribution in [3.8, 4) is 5.75 Å². The monoisotopic (exact) mass is 334 g/mol. The molecule has 0 radical (unpaired) electrons. The van der Waals surface area contributed by atoms with Crippen LogP contribution in [0, 0.1) is 0 Å². The van der Waals surface area contributed by atoms with Gasteiger partial charge in [0, 0.05) is 42.7 Å². The predicted molar refractivity (Wildman–Crippen MR) is 100.0 cm³/mol. The number of hydrogen-bond donors (Lipinski definition) is 1. The van der Waals surface area contributed by atoms with Gasteiger partial charge in [-0.1, -0.05) is 24.3 Å². The Balaban J connectivity index is 1.50. The van der Waals surface area contributed by atoms with Crippen LogP contribution in [0.3, 0.4) is 0 Å². The lowest BCUT2D eigenvalue weighted by atomic mass is 9.88. The minimum absolute atomic E-state index is 0.104. The molecule has 4 nitrogen and oxygen atoms in total. The van der Waals surface area contributed by atoms with Crippen LogP contribution in [0.15, 0.2) is 54.6 Å². The Kier molecular flexibility index (Phi) is 4.06. The van der Waals surface area contributed by atoms with E-state index in [1.165, 1.54) is 0 Å². The average molecular weight is 334 g/mol. The highest BCUT2D eigenvalue weighted by atomic mass is 16.5. The molecule has 1 N–H and O–H groups in total. The molecule has 1 amide bonds. The van der Waals surface area contributed by atoms with Gasteiger partial charge >= 0.3 is 0 Å². The number of likely N-dealkylation sites (tertiary alicyclic amines) is 1. The van der Waals surface area contributed by atoms with Crippen molar-refractivity contribution in [2.45, 2.75) is 18.4 Å². The molecule has 2 aliphatic heterocycles. The molecule has 25 heavy (non-hydrogen) atoms. The largest absolute Gasteiger partial charge is 0.482 e. The van der Waals surface area contributed by atoms with Gasteiger partial charge in [-0.05, 0) is 43.5 Å². The van der Waals surface area contributed by atoms with E-state index >= 15 is 0 Å². The topological polar surface area (TPSA) is 41.6 Å². The number of carbonyl (C=O) groups excluding carboxylic acids is 1. The molecule has 1 fully saturated rings. The summed E-state index contributed by atoms with van der Waals surface area (Å²) in [5.74, 6) is 0.790. The Morgan fingerprint density at radius 1 is 1.12 bits per heavy atom. The molecule has 4 heteroatoms. The van der Waals surface area contributed by atoms with E-state index in [1.54, 1.807) is 12.1 Å². The van der Waals surface area contributed by atoms with Crippen molar-refractivity contribution in [3.63, 3.8) is 0 Å². The fourth-order valence-electron chi connectivity index (χ4n) is 3.40. The predicted octanol–water partition coefficient (Wildman–Crippen LogP) is 3.81. The second-order valence-electron chi connectivity index (χ2n) is 6.88. The van der Waals surface area contributed by atoms with Crippen LogP contribution in [0.25, 0.3) is 6.08 Å². The highest BCUT2D eigenvalue weighted by Crippen LogP contribution is 2.37. The summed E-state index contributed by atoms with van der Waals surface area (Å²) in [6, 6.07) is 15.1. The van der Waals surface area contributed by atoms with E-state index in [0.717, 1.165) is 42.9 Å². The number of piperidine rings is 1. The quantitative estimate of drug-likeness (QED) is 0.908. The van der Waals surface area contributed by atoms with Gasteiger partial charge in [0.2, 0.25) is 0 Å². The summed E-state index contributed by atoms with van der Waals surface area (Å²) in [6.45, 7) is 2.09. The third-order valence-electron chi connectivity index (χ3n) is 5.02. The van der Waals surface area contributed by atoms with Crippen molar-refractivity contribution in [2.24, 2.45) is 0 Å². The first-order valence-electron chi connectivity index (χ1n) is 8.71. The van der Waals surface area contributed by atoms with Gasteiger partial charge in [-0.3, -0.25) is 4.79 Å². The van der Waals surface area contributed by atoms with E-state index in [9.17, 15) is 4.79 Å². The molecule has 1 spiro atoms. The summed E-state index contributed by atoms with van der Waals surface area (Å²) in [4.78, 5) is 14.6. The molecule has 0 saturated carbocycles. The maximum Gasteiger partial charge on any atom is 0.255 e. The van der Waals surface area contributed by atoms with Crippen molar-refractivity contribution in [2.75, 3.05) is 25.5 Å². The van der Waals surface area contributed by atoms with Gasteiger partial charge in [0.05, 0.1) is 0 Å². The van der Waals surface area contributed by atoms with Crippen LogP contribution in [0.1, 0.15) is 28.8 Å². The first-order valence-corrected chi connectivity index (χ1v) is 8.71. The second kappa shape index (κ2) is 6.37. The smallest absolute Gasteiger partial charge is 0.255 e. The van der Waals surface area contributed by atoms with E-state index in [4.69, 9.17) is 4.74 Å². The van der Waals surface area contributed by atoms with E-state index in [1.807, 2.05) is 36.4 Å². The molecule has 2 heterocycles. The number of ether oxygens (including phenoxy) is 1. The lowest BCUT2D eigenvalue weighted by Crippen LogP contribution is -2.46. The van der Waals surface area contributed by atoms with Crippen LogP contribution in [-0.2, 0) is 0 Å². The van der Waals surface area contributed by atoms with Crippen LogP contribution < -0.4 is 10.1 Å².